The number of hydrogen-bond acceptors (Lipinski definition) is 2. The maximum absolute atomic E-state index is 11.0. The van der Waals surface area contributed by atoms with Crippen LogP contribution in [0.1, 0.15) is 15.9 Å². The molecule has 0 amide bonds. The highest BCUT2D eigenvalue weighted by molar-refractivity contribution is 9.10. The molecule has 17 heavy (non-hydrogen) atoms. The van der Waals surface area contributed by atoms with Gasteiger partial charge in [-0.15, -0.1) is 0 Å². The fraction of sp³-hybridized carbons (Fsp3) is 0.0714. The quantitative estimate of drug-likeness (QED) is 0.785. The van der Waals surface area contributed by atoms with Crippen LogP contribution in [-0.4, -0.2) is 6.29 Å². The molecule has 0 spiro atoms. The third kappa shape index (κ3) is 2.74. The van der Waals surface area contributed by atoms with Gasteiger partial charge in [-0.3, -0.25) is 4.79 Å². The van der Waals surface area contributed by atoms with Crippen LogP contribution in [0.25, 0.3) is 0 Å². The Bertz CT molecular complexity index is 550. The van der Waals surface area contributed by atoms with Crippen molar-refractivity contribution >= 4 is 22.2 Å². The predicted molar refractivity (Wildman–Crippen MR) is 70.8 cm³/mol. The lowest BCUT2D eigenvalue weighted by molar-refractivity contribution is 0.112. The van der Waals surface area contributed by atoms with Gasteiger partial charge < -0.3 is 4.74 Å². The molecule has 0 heterocycles. The minimum atomic E-state index is 0.530. The second-order valence-electron chi connectivity index (χ2n) is 3.67. The van der Waals surface area contributed by atoms with Gasteiger partial charge >= 0.3 is 0 Å². The molecule has 0 aromatic heterocycles. The second-order valence-corrected chi connectivity index (χ2v) is 4.58. The van der Waals surface area contributed by atoms with Crippen LogP contribution in [0.3, 0.4) is 0 Å². The first-order chi connectivity index (χ1) is 8.20. The number of ether oxygens (including phenoxy) is 1. The van der Waals surface area contributed by atoms with Crippen molar-refractivity contribution < 1.29 is 9.53 Å². The van der Waals surface area contributed by atoms with E-state index in [1.165, 1.54) is 0 Å². The number of carbonyl (C=O) groups is 1. The molecule has 0 saturated heterocycles. The van der Waals surface area contributed by atoms with Gasteiger partial charge in [0.05, 0.1) is 5.56 Å². The summed E-state index contributed by atoms with van der Waals surface area (Å²) in [6.45, 7) is 1.97. The number of para-hydroxylation sites is 1. The van der Waals surface area contributed by atoms with E-state index in [1.807, 2.05) is 37.3 Å². The van der Waals surface area contributed by atoms with Crippen LogP contribution in [0.2, 0.25) is 0 Å². The Labute approximate surface area is 108 Å². The van der Waals surface area contributed by atoms with Crippen LogP contribution in [0.15, 0.2) is 46.9 Å². The Kier molecular flexibility index (Phi) is 3.59. The fourth-order valence-corrected chi connectivity index (χ4v) is 1.87. The molecule has 86 valence electrons. The molecule has 0 aliphatic heterocycles. The monoisotopic (exact) mass is 290 g/mol. The summed E-state index contributed by atoms with van der Waals surface area (Å²) in [5, 5.41) is 0. The minimum absolute atomic E-state index is 0.530. The maximum atomic E-state index is 11.0. The lowest BCUT2D eigenvalue weighted by Crippen LogP contribution is -1.92. The van der Waals surface area contributed by atoms with Crippen LogP contribution in [0.5, 0.6) is 11.5 Å². The molecule has 2 aromatic rings. The Morgan fingerprint density at radius 1 is 1.12 bits per heavy atom. The summed E-state index contributed by atoms with van der Waals surface area (Å²) in [4.78, 5) is 11.0. The molecular weight excluding hydrogens is 280 g/mol. The van der Waals surface area contributed by atoms with Crippen molar-refractivity contribution in [2.45, 2.75) is 6.92 Å². The molecule has 0 aliphatic rings. The SMILES string of the molecule is Cc1ccccc1Oc1ccc(Br)cc1C=O. The molecule has 3 heteroatoms. The van der Waals surface area contributed by atoms with Gasteiger partial charge in [0.2, 0.25) is 0 Å². The third-order valence-corrected chi connectivity index (χ3v) is 2.91. The molecule has 0 N–H and O–H groups in total. The van der Waals surface area contributed by atoms with Crippen LogP contribution in [0, 0.1) is 6.92 Å². The number of aldehydes is 1. The second kappa shape index (κ2) is 5.15. The van der Waals surface area contributed by atoms with Crippen LogP contribution < -0.4 is 4.74 Å². The fourth-order valence-electron chi connectivity index (χ4n) is 1.49. The number of halogens is 1. The minimum Gasteiger partial charge on any atom is -0.456 e. The summed E-state index contributed by atoms with van der Waals surface area (Å²) in [6, 6.07) is 13.1. The normalized spacial score (nSPS) is 10.0. The van der Waals surface area contributed by atoms with E-state index in [0.29, 0.717) is 11.3 Å². The first-order valence-corrected chi connectivity index (χ1v) is 5.98. The molecule has 0 unspecified atom stereocenters. The van der Waals surface area contributed by atoms with E-state index < -0.39 is 0 Å². The molecule has 2 nitrogen and oxygen atoms in total. The van der Waals surface area contributed by atoms with Crippen LogP contribution >= 0.6 is 15.9 Å². The molecule has 0 atom stereocenters. The molecule has 2 rings (SSSR count). The Morgan fingerprint density at radius 3 is 2.59 bits per heavy atom. The summed E-state index contributed by atoms with van der Waals surface area (Å²) in [7, 11) is 0. The van der Waals surface area contributed by atoms with Gasteiger partial charge in [-0.05, 0) is 36.8 Å². The number of rotatable bonds is 3. The lowest BCUT2D eigenvalue weighted by atomic mass is 10.2. The zero-order chi connectivity index (χ0) is 12.3. The zero-order valence-electron chi connectivity index (χ0n) is 9.31. The van der Waals surface area contributed by atoms with E-state index >= 15 is 0 Å². The first-order valence-electron chi connectivity index (χ1n) is 5.19. The standard InChI is InChI=1S/C14H11BrO2/c1-10-4-2-3-5-13(10)17-14-7-6-12(15)8-11(14)9-16/h2-9H,1H3. The van der Waals surface area contributed by atoms with Gasteiger partial charge in [-0.25, -0.2) is 0 Å². The Hall–Kier alpha value is -1.61. The molecule has 0 fully saturated rings. The van der Waals surface area contributed by atoms with Crippen LogP contribution in [-0.2, 0) is 0 Å². The van der Waals surface area contributed by atoms with Gasteiger partial charge in [0.15, 0.2) is 6.29 Å². The topological polar surface area (TPSA) is 26.3 Å². The van der Waals surface area contributed by atoms with Crippen molar-refractivity contribution in [1.29, 1.82) is 0 Å². The van der Waals surface area contributed by atoms with E-state index in [1.54, 1.807) is 12.1 Å². The molecule has 0 aliphatic carbocycles. The van der Waals surface area contributed by atoms with Gasteiger partial charge in [0.25, 0.3) is 0 Å². The summed E-state index contributed by atoms with van der Waals surface area (Å²) in [5.74, 6) is 1.33. The number of carbonyl (C=O) groups excluding carboxylic acids is 1. The van der Waals surface area contributed by atoms with E-state index in [4.69, 9.17) is 4.74 Å². The molecule has 0 bridgehead atoms. The van der Waals surface area contributed by atoms with E-state index in [0.717, 1.165) is 22.1 Å². The molecular formula is C14H11BrO2. The first kappa shape index (κ1) is 11.9. The highest BCUT2D eigenvalue weighted by Crippen LogP contribution is 2.28. The van der Waals surface area contributed by atoms with Crippen LogP contribution in [0.4, 0.5) is 0 Å². The lowest BCUT2D eigenvalue weighted by Gasteiger charge is -2.10. The Morgan fingerprint density at radius 2 is 1.88 bits per heavy atom. The summed E-state index contributed by atoms with van der Waals surface area (Å²) in [5.41, 5.74) is 1.56. The van der Waals surface area contributed by atoms with Crippen molar-refractivity contribution in [2.75, 3.05) is 0 Å². The Balaban J connectivity index is 2.36. The van der Waals surface area contributed by atoms with E-state index in [-0.39, 0.29) is 0 Å². The summed E-state index contributed by atoms with van der Waals surface area (Å²) in [6.07, 6.45) is 0.790. The average Bonchev–Trinajstić information content (AvgIpc) is 2.34. The third-order valence-electron chi connectivity index (χ3n) is 2.41. The van der Waals surface area contributed by atoms with Gasteiger partial charge in [0, 0.05) is 4.47 Å². The van der Waals surface area contributed by atoms with Gasteiger partial charge in [0.1, 0.15) is 11.5 Å². The van der Waals surface area contributed by atoms with Crippen molar-refractivity contribution in [1.82, 2.24) is 0 Å². The number of hydrogen-bond donors (Lipinski definition) is 0. The summed E-state index contributed by atoms with van der Waals surface area (Å²) >= 11 is 3.32. The largest absolute Gasteiger partial charge is 0.456 e. The zero-order valence-corrected chi connectivity index (χ0v) is 10.9. The van der Waals surface area contributed by atoms with Gasteiger partial charge in [-0.1, -0.05) is 34.1 Å². The highest BCUT2D eigenvalue weighted by Gasteiger charge is 2.06. The molecule has 0 saturated carbocycles. The molecule has 0 radical (unpaired) electrons. The smallest absolute Gasteiger partial charge is 0.153 e. The molecule has 2 aromatic carbocycles. The van der Waals surface area contributed by atoms with Crippen molar-refractivity contribution in [3.8, 4) is 11.5 Å². The van der Waals surface area contributed by atoms with Crippen molar-refractivity contribution in [3.05, 3.63) is 58.1 Å². The van der Waals surface area contributed by atoms with Crippen molar-refractivity contribution in [3.63, 3.8) is 0 Å². The van der Waals surface area contributed by atoms with E-state index in [2.05, 4.69) is 15.9 Å². The summed E-state index contributed by atoms with van der Waals surface area (Å²) < 4.78 is 6.59. The maximum Gasteiger partial charge on any atom is 0.153 e. The van der Waals surface area contributed by atoms with E-state index in [9.17, 15) is 4.79 Å². The van der Waals surface area contributed by atoms with Gasteiger partial charge in [-0.2, -0.15) is 0 Å². The number of benzene rings is 2. The average molecular weight is 291 g/mol. The predicted octanol–water partition coefficient (Wildman–Crippen LogP) is 4.36. The highest BCUT2D eigenvalue weighted by atomic mass is 79.9. The number of aryl methyl sites for hydroxylation is 1. The van der Waals surface area contributed by atoms with Crippen molar-refractivity contribution in [2.24, 2.45) is 0 Å².